The Morgan fingerprint density at radius 2 is 1.94 bits per heavy atom. The SMILES string of the molecule is CC[C@H](NS(=O)(=O)c1ccc(Br)cc1)C(=O)[O-]. The van der Waals surface area contributed by atoms with E-state index in [1.165, 1.54) is 12.1 Å². The van der Waals surface area contributed by atoms with Gasteiger partial charge in [0.25, 0.3) is 0 Å². The van der Waals surface area contributed by atoms with Crippen LogP contribution in [0.15, 0.2) is 33.6 Å². The highest BCUT2D eigenvalue weighted by atomic mass is 79.9. The highest BCUT2D eigenvalue weighted by Gasteiger charge is 2.19. The number of carbonyl (C=O) groups excluding carboxylic acids is 1. The number of sulfonamides is 1. The van der Waals surface area contributed by atoms with Crippen molar-refractivity contribution in [3.63, 3.8) is 0 Å². The Morgan fingerprint density at radius 1 is 1.41 bits per heavy atom. The summed E-state index contributed by atoms with van der Waals surface area (Å²) in [5.41, 5.74) is 0. The average Bonchev–Trinajstić information content (AvgIpc) is 2.26. The van der Waals surface area contributed by atoms with Gasteiger partial charge in [-0.15, -0.1) is 0 Å². The van der Waals surface area contributed by atoms with Gasteiger partial charge in [-0.1, -0.05) is 22.9 Å². The monoisotopic (exact) mass is 320 g/mol. The zero-order chi connectivity index (χ0) is 13.1. The molecule has 0 saturated heterocycles. The maximum Gasteiger partial charge on any atom is 0.241 e. The molecule has 1 rings (SSSR count). The van der Waals surface area contributed by atoms with Crippen molar-refractivity contribution in [1.29, 1.82) is 0 Å². The van der Waals surface area contributed by atoms with Crippen LogP contribution in [0.4, 0.5) is 0 Å². The molecule has 7 heteroatoms. The van der Waals surface area contributed by atoms with E-state index < -0.39 is 22.0 Å². The van der Waals surface area contributed by atoms with Gasteiger partial charge < -0.3 is 9.90 Å². The molecule has 0 unspecified atom stereocenters. The predicted molar refractivity (Wildman–Crippen MR) is 63.5 cm³/mol. The number of carbonyl (C=O) groups is 1. The van der Waals surface area contributed by atoms with Crippen LogP contribution in [0.25, 0.3) is 0 Å². The second-order valence-corrected chi connectivity index (χ2v) is 5.98. The van der Waals surface area contributed by atoms with Crippen LogP contribution in [0, 0.1) is 0 Å². The third-order valence-corrected chi connectivity index (χ3v) is 4.13. The molecule has 0 heterocycles. The summed E-state index contributed by atoms with van der Waals surface area (Å²) in [6.07, 6.45) is 0.123. The van der Waals surface area contributed by atoms with Crippen molar-refractivity contribution in [2.45, 2.75) is 24.3 Å². The number of carboxylic acid groups (broad SMARTS) is 1. The molecular weight excluding hydrogens is 310 g/mol. The molecule has 5 nitrogen and oxygen atoms in total. The van der Waals surface area contributed by atoms with Crippen LogP contribution in [0.3, 0.4) is 0 Å². The van der Waals surface area contributed by atoms with Gasteiger partial charge in [0.15, 0.2) is 0 Å². The lowest BCUT2D eigenvalue weighted by atomic mass is 10.2. The Morgan fingerprint density at radius 3 is 2.35 bits per heavy atom. The number of carboxylic acids is 1. The summed E-state index contributed by atoms with van der Waals surface area (Å²) in [5, 5.41) is 10.6. The number of hydrogen-bond acceptors (Lipinski definition) is 4. The molecular formula is C10H11BrNO4S-. The largest absolute Gasteiger partial charge is 0.548 e. The molecule has 0 bridgehead atoms. The Hall–Kier alpha value is -0.920. The van der Waals surface area contributed by atoms with Gasteiger partial charge in [-0.3, -0.25) is 0 Å². The lowest BCUT2D eigenvalue weighted by Gasteiger charge is -2.17. The average molecular weight is 321 g/mol. The topological polar surface area (TPSA) is 86.3 Å². The number of benzene rings is 1. The summed E-state index contributed by atoms with van der Waals surface area (Å²) < 4.78 is 26.4. The Labute approximate surface area is 108 Å². The van der Waals surface area contributed by atoms with E-state index in [9.17, 15) is 18.3 Å². The summed E-state index contributed by atoms with van der Waals surface area (Å²) in [5.74, 6) is -1.44. The van der Waals surface area contributed by atoms with Crippen molar-refractivity contribution in [1.82, 2.24) is 4.72 Å². The Balaban J connectivity index is 2.96. The first-order chi connectivity index (χ1) is 7.86. The van der Waals surface area contributed by atoms with Crippen molar-refractivity contribution in [3.8, 4) is 0 Å². The van der Waals surface area contributed by atoms with Crippen molar-refractivity contribution in [2.24, 2.45) is 0 Å². The van der Waals surface area contributed by atoms with Gasteiger partial charge in [0.2, 0.25) is 10.0 Å². The van der Waals surface area contributed by atoms with Crippen LogP contribution >= 0.6 is 15.9 Å². The van der Waals surface area contributed by atoms with Crippen LogP contribution in [-0.4, -0.2) is 20.4 Å². The highest BCUT2D eigenvalue weighted by Crippen LogP contribution is 2.15. The lowest BCUT2D eigenvalue weighted by Crippen LogP contribution is -2.47. The first kappa shape index (κ1) is 14.1. The van der Waals surface area contributed by atoms with E-state index in [-0.39, 0.29) is 11.3 Å². The maximum atomic E-state index is 11.8. The van der Waals surface area contributed by atoms with Crippen molar-refractivity contribution in [3.05, 3.63) is 28.7 Å². The molecule has 17 heavy (non-hydrogen) atoms. The zero-order valence-corrected chi connectivity index (χ0v) is 11.4. The summed E-state index contributed by atoms with van der Waals surface area (Å²) >= 11 is 3.18. The molecule has 94 valence electrons. The Kier molecular flexibility index (Phi) is 4.67. The summed E-state index contributed by atoms with van der Waals surface area (Å²) in [6.45, 7) is 1.56. The van der Waals surface area contributed by atoms with Crippen molar-refractivity contribution >= 4 is 31.9 Å². The fourth-order valence-electron chi connectivity index (χ4n) is 1.17. The quantitative estimate of drug-likeness (QED) is 0.843. The summed E-state index contributed by atoms with van der Waals surface area (Å²) in [4.78, 5) is 10.7. The second kappa shape index (κ2) is 5.61. The standard InChI is InChI=1S/C10H12BrNO4S/c1-2-9(10(13)14)12-17(15,16)8-5-3-7(11)4-6-8/h3-6,9,12H,2H2,1H3,(H,13,14)/p-1/t9-/m0/s1. The zero-order valence-electron chi connectivity index (χ0n) is 9.01. The number of hydrogen-bond donors (Lipinski definition) is 1. The first-order valence-electron chi connectivity index (χ1n) is 4.85. The van der Waals surface area contributed by atoms with E-state index in [4.69, 9.17) is 0 Å². The van der Waals surface area contributed by atoms with E-state index in [1.807, 2.05) is 0 Å². The van der Waals surface area contributed by atoms with E-state index in [0.717, 1.165) is 4.47 Å². The summed E-state index contributed by atoms with van der Waals surface area (Å²) in [7, 11) is -3.83. The molecule has 1 aromatic rings. The molecule has 0 aliphatic rings. The molecule has 1 aromatic carbocycles. The molecule has 0 fully saturated rings. The molecule has 0 radical (unpaired) electrons. The van der Waals surface area contributed by atoms with E-state index >= 15 is 0 Å². The van der Waals surface area contributed by atoms with Crippen LogP contribution in [-0.2, 0) is 14.8 Å². The second-order valence-electron chi connectivity index (χ2n) is 3.36. The van der Waals surface area contributed by atoms with Gasteiger partial charge in [0.05, 0.1) is 16.9 Å². The highest BCUT2D eigenvalue weighted by molar-refractivity contribution is 9.10. The Bertz CT molecular complexity index is 498. The minimum atomic E-state index is -3.83. The molecule has 0 aliphatic carbocycles. The molecule has 0 saturated carbocycles. The van der Waals surface area contributed by atoms with Crippen LogP contribution < -0.4 is 9.83 Å². The lowest BCUT2D eigenvalue weighted by molar-refractivity contribution is -0.308. The first-order valence-corrected chi connectivity index (χ1v) is 7.13. The smallest absolute Gasteiger partial charge is 0.241 e. The van der Waals surface area contributed by atoms with Crippen LogP contribution in [0.1, 0.15) is 13.3 Å². The van der Waals surface area contributed by atoms with Gasteiger partial charge in [0, 0.05) is 4.47 Å². The number of aliphatic carboxylic acids is 1. The fourth-order valence-corrected chi connectivity index (χ4v) is 2.70. The minimum absolute atomic E-state index is 0.0143. The van der Waals surface area contributed by atoms with E-state index in [0.29, 0.717) is 0 Å². The van der Waals surface area contributed by atoms with Crippen LogP contribution in [0.5, 0.6) is 0 Å². The molecule has 0 amide bonds. The maximum absolute atomic E-state index is 11.8. The summed E-state index contributed by atoms with van der Waals surface area (Å²) in [6, 6.07) is 4.68. The van der Waals surface area contributed by atoms with Gasteiger partial charge in [0.1, 0.15) is 0 Å². The number of rotatable bonds is 5. The van der Waals surface area contributed by atoms with Crippen molar-refractivity contribution in [2.75, 3.05) is 0 Å². The predicted octanol–water partition coefficient (Wildman–Crippen LogP) is 0.256. The van der Waals surface area contributed by atoms with E-state index in [2.05, 4.69) is 20.7 Å². The third kappa shape index (κ3) is 3.79. The normalized spacial score (nSPS) is 13.3. The van der Waals surface area contributed by atoms with Crippen LogP contribution in [0.2, 0.25) is 0 Å². The van der Waals surface area contributed by atoms with Gasteiger partial charge in [-0.2, -0.15) is 0 Å². The number of halogens is 1. The third-order valence-electron chi connectivity index (χ3n) is 2.11. The van der Waals surface area contributed by atoms with Gasteiger partial charge in [-0.05, 0) is 30.7 Å². The molecule has 0 aromatic heterocycles. The molecule has 0 aliphatic heterocycles. The van der Waals surface area contributed by atoms with E-state index in [1.54, 1.807) is 19.1 Å². The van der Waals surface area contributed by atoms with Gasteiger partial charge >= 0.3 is 0 Å². The number of nitrogens with one attached hydrogen (secondary N) is 1. The fraction of sp³-hybridized carbons (Fsp3) is 0.300. The molecule has 1 atom stereocenters. The molecule has 1 N–H and O–H groups in total. The minimum Gasteiger partial charge on any atom is -0.548 e. The molecule has 0 spiro atoms. The van der Waals surface area contributed by atoms with Crippen molar-refractivity contribution < 1.29 is 18.3 Å². The van der Waals surface area contributed by atoms with Gasteiger partial charge in [-0.25, -0.2) is 13.1 Å².